The largest absolute Gasteiger partial charge is 0.381 e. The maximum atomic E-state index is 5.39. The van der Waals surface area contributed by atoms with Crippen molar-refractivity contribution >= 4 is 11.6 Å². The van der Waals surface area contributed by atoms with Gasteiger partial charge < -0.3 is 15.4 Å². The zero-order valence-corrected chi connectivity index (χ0v) is 12.1. The van der Waals surface area contributed by atoms with Crippen LogP contribution in [0.5, 0.6) is 0 Å². The van der Waals surface area contributed by atoms with Gasteiger partial charge in [-0.15, -0.1) is 0 Å². The summed E-state index contributed by atoms with van der Waals surface area (Å²) in [6.07, 6.45) is 3.88. The first-order valence-electron chi connectivity index (χ1n) is 7.06. The zero-order chi connectivity index (χ0) is 13.7. The zero-order valence-electron chi connectivity index (χ0n) is 12.1. The average molecular weight is 264 g/mol. The van der Waals surface area contributed by atoms with Gasteiger partial charge in [0.25, 0.3) is 0 Å². The van der Waals surface area contributed by atoms with Crippen molar-refractivity contribution in [2.45, 2.75) is 32.6 Å². The molecule has 1 aliphatic heterocycles. The Morgan fingerprint density at radius 3 is 2.58 bits per heavy atom. The summed E-state index contributed by atoms with van der Waals surface area (Å²) < 4.78 is 5.39. The van der Waals surface area contributed by atoms with Gasteiger partial charge in [-0.05, 0) is 24.7 Å². The molecule has 2 N–H and O–H groups in total. The van der Waals surface area contributed by atoms with E-state index >= 15 is 0 Å². The Morgan fingerprint density at radius 1 is 1.26 bits per heavy atom. The molecular weight excluding hydrogens is 240 g/mol. The molecule has 106 valence electrons. The summed E-state index contributed by atoms with van der Waals surface area (Å²) in [6, 6.07) is 0. The summed E-state index contributed by atoms with van der Waals surface area (Å²) in [5, 5.41) is 6.64. The molecule has 0 amide bonds. The Labute approximate surface area is 115 Å². The molecule has 1 saturated heterocycles. The molecule has 2 rings (SSSR count). The molecule has 0 spiro atoms. The molecule has 19 heavy (non-hydrogen) atoms. The molecular formula is C14H24N4O. The fourth-order valence-electron chi connectivity index (χ4n) is 2.47. The van der Waals surface area contributed by atoms with Crippen LogP contribution in [-0.4, -0.2) is 36.8 Å². The fourth-order valence-corrected chi connectivity index (χ4v) is 2.47. The summed E-state index contributed by atoms with van der Waals surface area (Å²) >= 11 is 0. The van der Waals surface area contributed by atoms with Crippen molar-refractivity contribution in [3.8, 4) is 0 Å². The minimum Gasteiger partial charge on any atom is -0.381 e. The van der Waals surface area contributed by atoms with Gasteiger partial charge in [-0.2, -0.15) is 0 Å². The van der Waals surface area contributed by atoms with Crippen LogP contribution in [0.25, 0.3) is 0 Å². The van der Waals surface area contributed by atoms with Crippen LogP contribution < -0.4 is 10.6 Å². The molecule has 1 aromatic heterocycles. The summed E-state index contributed by atoms with van der Waals surface area (Å²) in [4.78, 5) is 8.69. The molecule has 0 atom stereocenters. The highest BCUT2D eigenvalue weighted by Crippen LogP contribution is 2.28. The summed E-state index contributed by atoms with van der Waals surface area (Å²) in [5.74, 6) is 2.95. The van der Waals surface area contributed by atoms with Gasteiger partial charge in [0.15, 0.2) is 0 Å². The van der Waals surface area contributed by atoms with Crippen LogP contribution in [0.1, 0.15) is 38.2 Å². The minimum atomic E-state index is 0.390. The third-order valence-corrected chi connectivity index (χ3v) is 3.60. The summed E-state index contributed by atoms with van der Waals surface area (Å²) in [5.41, 5.74) is 1.16. The van der Waals surface area contributed by atoms with Crippen LogP contribution in [0.4, 0.5) is 11.6 Å². The van der Waals surface area contributed by atoms with E-state index in [0.717, 1.165) is 49.8 Å². The maximum absolute atomic E-state index is 5.39. The van der Waals surface area contributed by atoms with Crippen molar-refractivity contribution in [1.29, 1.82) is 0 Å². The van der Waals surface area contributed by atoms with Crippen LogP contribution in [0, 0.1) is 5.92 Å². The van der Waals surface area contributed by atoms with E-state index in [2.05, 4.69) is 34.4 Å². The molecule has 0 aliphatic carbocycles. The lowest BCUT2D eigenvalue weighted by molar-refractivity contribution is 0.0699. The highest BCUT2D eigenvalue weighted by molar-refractivity contribution is 5.58. The second kappa shape index (κ2) is 6.70. The Kier molecular flexibility index (Phi) is 4.96. The molecule has 0 saturated carbocycles. The Bertz CT molecular complexity index is 402. The number of hydrogen-bond donors (Lipinski definition) is 2. The highest BCUT2D eigenvalue weighted by Gasteiger charge is 2.17. The van der Waals surface area contributed by atoms with E-state index in [1.807, 2.05) is 7.05 Å². The monoisotopic (exact) mass is 264 g/mol. The topological polar surface area (TPSA) is 59.1 Å². The average Bonchev–Trinajstić information content (AvgIpc) is 2.45. The first-order chi connectivity index (χ1) is 9.22. The quantitative estimate of drug-likeness (QED) is 0.855. The van der Waals surface area contributed by atoms with Crippen LogP contribution in [-0.2, 0) is 4.74 Å². The van der Waals surface area contributed by atoms with E-state index in [0.29, 0.717) is 11.8 Å². The van der Waals surface area contributed by atoms with Crippen LogP contribution in [0.2, 0.25) is 0 Å². The van der Waals surface area contributed by atoms with E-state index in [-0.39, 0.29) is 0 Å². The lowest BCUT2D eigenvalue weighted by atomic mass is 10.00. The number of nitrogens with zero attached hydrogens (tertiary/aromatic N) is 2. The van der Waals surface area contributed by atoms with Gasteiger partial charge in [0.1, 0.15) is 18.0 Å². The van der Waals surface area contributed by atoms with E-state index in [4.69, 9.17) is 4.74 Å². The predicted molar refractivity (Wildman–Crippen MR) is 77.7 cm³/mol. The second-order valence-corrected chi connectivity index (χ2v) is 5.33. The number of aromatic nitrogens is 2. The van der Waals surface area contributed by atoms with Gasteiger partial charge >= 0.3 is 0 Å². The third-order valence-electron chi connectivity index (χ3n) is 3.60. The van der Waals surface area contributed by atoms with Crippen LogP contribution >= 0.6 is 0 Å². The van der Waals surface area contributed by atoms with Crippen molar-refractivity contribution in [2.24, 2.45) is 5.92 Å². The summed E-state index contributed by atoms with van der Waals surface area (Å²) in [7, 11) is 1.90. The van der Waals surface area contributed by atoms with Gasteiger partial charge in [-0.25, -0.2) is 9.97 Å². The molecule has 0 bridgehead atoms. The molecule has 5 nitrogen and oxygen atoms in total. The van der Waals surface area contributed by atoms with Crippen molar-refractivity contribution < 1.29 is 4.74 Å². The smallest absolute Gasteiger partial charge is 0.134 e. The molecule has 0 unspecified atom stereocenters. The number of rotatable bonds is 5. The van der Waals surface area contributed by atoms with E-state index < -0.39 is 0 Å². The summed E-state index contributed by atoms with van der Waals surface area (Å²) in [6.45, 7) is 7.06. The van der Waals surface area contributed by atoms with E-state index in [9.17, 15) is 0 Å². The number of nitrogens with one attached hydrogen (secondary N) is 2. The third kappa shape index (κ3) is 3.56. The van der Waals surface area contributed by atoms with Gasteiger partial charge in [0.05, 0.1) is 0 Å². The predicted octanol–water partition coefficient (Wildman–Crippen LogP) is 2.48. The normalized spacial score (nSPS) is 16.6. The van der Waals surface area contributed by atoms with Crippen molar-refractivity contribution in [2.75, 3.05) is 37.4 Å². The molecule has 0 radical (unpaired) electrons. The maximum Gasteiger partial charge on any atom is 0.134 e. The molecule has 1 fully saturated rings. The Morgan fingerprint density at radius 2 is 1.95 bits per heavy atom. The van der Waals surface area contributed by atoms with Gasteiger partial charge in [-0.3, -0.25) is 0 Å². The lowest BCUT2D eigenvalue weighted by Crippen LogP contribution is -2.23. The minimum absolute atomic E-state index is 0.390. The fraction of sp³-hybridized carbons (Fsp3) is 0.714. The van der Waals surface area contributed by atoms with Gasteiger partial charge in [0.2, 0.25) is 0 Å². The molecule has 2 heterocycles. The Hall–Kier alpha value is -1.36. The first-order valence-corrected chi connectivity index (χ1v) is 7.06. The van der Waals surface area contributed by atoms with Crippen molar-refractivity contribution in [3.05, 3.63) is 11.9 Å². The Balaban J connectivity index is 2.06. The standard InChI is InChI=1S/C14H24N4O/c1-10(2)12-13(15-3)17-9-18-14(12)16-8-11-4-6-19-7-5-11/h9-11H,4-8H2,1-3H3,(H2,15,16,17,18). The van der Waals surface area contributed by atoms with Crippen LogP contribution in [0.3, 0.4) is 0 Å². The van der Waals surface area contributed by atoms with Crippen molar-refractivity contribution in [3.63, 3.8) is 0 Å². The second-order valence-electron chi connectivity index (χ2n) is 5.33. The highest BCUT2D eigenvalue weighted by atomic mass is 16.5. The number of anilines is 2. The van der Waals surface area contributed by atoms with Gasteiger partial charge in [0, 0.05) is 32.4 Å². The van der Waals surface area contributed by atoms with E-state index in [1.165, 1.54) is 0 Å². The molecule has 5 heteroatoms. The SMILES string of the molecule is CNc1ncnc(NCC2CCOCC2)c1C(C)C. The lowest BCUT2D eigenvalue weighted by Gasteiger charge is -2.23. The van der Waals surface area contributed by atoms with Crippen molar-refractivity contribution in [1.82, 2.24) is 9.97 Å². The van der Waals surface area contributed by atoms with Gasteiger partial charge in [-0.1, -0.05) is 13.8 Å². The van der Waals surface area contributed by atoms with E-state index in [1.54, 1.807) is 6.33 Å². The first kappa shape index (κ1) is 14.1. The number of hydrogen-bond acceptors (Lipinski definition) is 5. The van der Waals surface area contributed by atoms with Crippen LogP contribution in [0.15, 0.2) is 6.33 Å². The number of ether oxygens (including phenoxy) is 1. The molecule has 1 aliphatic rings. The molecule has 0 aromatic carbocycles. The molecule has 1 aromatic rings.